The summed E-state index contributed by atoms with van der Waals surface area (Å²) in [5, 5.41) is 3.42. The topological polar surface area (TPSA) is 41.5 Å². The lowest BCUT2D eigenvalue weighted by Gasteiger charge is -2.36. The molecule has 28 heavy (non-hydrogen) atoms. The van der Waals surface area contributed by atoms with Crippen molar-refractivity contribution in [3.8, 4) is 11.1 Å². The monoisotopic (exact) mass is 394 g/mol. The van der Waals surface area contributed by atoms with Gasteiger partial charge in [0.25, 0.3) is 0 Å². The Balaban J connectivity index is 1.39. The van der Waals surface area contributed by atoms with E-state index in [1.807, 2.05) is 0 Å². The van der Waals surface area contributed by atoms with Gasteiger partial charge < -0.3 is 9.64 Å². The van der Waals surface area contributed by atoms with Gasteiger partial charge in [0.2, 0.25) is 0 Å². The molecule has 0 spiro atoms. The van der Waals surface area contributed by atoms with Gasteiger partial charge in [-0.15, -0.1) is 11.3 Å². The van der Waals surface area contributed by atoms with Crippen molar-refractivity contribution in [2.75, 3.05) is 44.2 Å². The van der Waals surface area contributed by atoms with Crippen LogP contribution in [-0.2, 0) is 4.74 Å². The van der Waals surface area contributed by atoms with Crippen LogP contribution in [0.15, 0.2) is 36.0 Å². The molecule has 6 heteroatoms. The minimum Gasteiger partial charge on any atom is -0.377 e. The van der Waals surface area contributed by atoms with E-state index in [0.29, 0.717) is 6.10 Å². The Kier molecular flexibility index (Phi) is 5.01. The Morgan fingerprint density at radius 1 is 1.11 bits per heavy atom. The number of thiophene rings is 1. The molecule has 0 radical (unpaired) electrons. The molecule has 2 aromatic heterocycles. The number of benzene rings is 1. The summed E-state index contributed by atoms with van der Waals surface area (Å²) in [7, 11) is 0. The van der Waals surface area contributed by atoms with Crippen LogP contribution in [0.1, 0.15) is 18.4 Å². The smallest absolute Gasteiger partial charge is 0.141 e. The molecule has 2 aliphatic rings. The molecule has 2 aliphatic heterocycles. The first-order valence-corrected chi connectivity index (χ1v) is 11.0. The lowest BCUT2D eigenvalue weighted by atomic mass is 10.0. The molecule has 1 aromatic carbocycles. The minimum absolute atomic E-state index is 0.433. The molecule has 0 aliphatic carbocycles. The van der Waals surface area contributed by atoms with Gasteiger partial charge in [-0.3, -0.25) is 4.90 Å². The predicted octanol–water partition coefficient (Wildman–Crippen LogP) is 3.97. The molecule has 3 aromatic rings. The fourth-order valence-electron chi connectivity index (χ4n) is 4.26. The summed E-state index contributed by atoms with van der Waals surface area (Å²) in [5.74, 6) is 1.08. The molecule has 146 valence electrons. The van der Waals surface area contributed by atoms with E-state index in [-0.39, 0.29) is 0 Å². The lowest BCUT2D eigenvalue weighted by molar-refractivity contribution is 0.0712. The summed E-state index contributed by atoms with van der Waals surface area (Å²) in [5.41, 5.74) is 3.77. The van der Waals surface area contributed by atoms with E-state index in [2.05, 4.69) is 51.4 Å². The second-order valence-electron chi connectivity index (χ2n) is 7.82. The first kappa shape index (κ1) is 18.0. The summed E-state index contributed by atoms with van der Waals surface area (Å²) < 4.78 is 5.81. The van der Waals surface area contributed by atoms with E-state index in [1.54, 1.807) is 17.7 Å². The van der Waals surface area contributed by atoms with Crippen LogP contribution in [0.4, 0.5) is 5.82 Å². The third-order valence-electron chi connectivity index (χ3n) is 5.87. The lowest BCUT2D eigenvalue weighted by Crippen LogP contribution is -2.48. The molecule has 0 amide bonds. The van der Waals surface area contributed by atoms with Crippen LogP contribution in [0.2, 0.25) is 0 Å². The second kappa shape index (κ2) is 7.78. The number of hydrogen-bond donors (Lipinski definition) is 0. The fourth-order valence-corrected chi connectivity index (χ4v) is 5.17. The van der Waals surface area contributed by atoms with Crippen LogP contribution < -0.4 is 4.90 Å². The molecular formula is C22H26N4OS. The van der Waals surface area contributed by atoms with E-state index < -0.39 is 0 Å². The number of aromatic nitrogens is 2. The Bertz CT molecular complexity index is 941. The Morgan fingerprint density at radius 2 is 1.93 bits per heavy atom. The molecule has 0 saturated carbocycles. The Morgan fingerprint density at radius 3 is 2.68 bits per heavy atom. The number of anilines is 1. The molecule has 4 heterocycles. The maximum absolute atomic E-state index is 5.81. The standard InChI is InChI=1S/C22H26N4OS/c1-16-4-6-17(7-5-16)19-14-28-22-20(19)21(23-15-24-22)26-10-8-25(9-11-26)13-18-3-2-12-27-18/h4-7,14-15,18H,2-3,8-13H2,1H3. The van der Waals surface area contributed by atoms with Crippen molar-refractivity contribution in [2.24, 2.45) is 0 Å². The highest BCUT2D eigenvalue weighted by Crippen LogP contribution is 2.38. The minimum atomic E-state index is 0.433. The van der Waals surface area contributed by atoms with Crippen molar-refractivity contribution in [1.82, 2.24) is 14.9 Å². The van der Waals surface area contributed by atoms with E-state index in [0.717, 1.165) is 50.0 Å². The summed E-state index contributed by atoms with van der Waals surface area (Å²) in [6.45, 7) is 8.26. The first-order valence-electron chi connectivity index (χ1n) is 10.2. The van der Waals surface area contributed by atoms with Gasteiger partial charge in [0.05, 0.1) is 11.5 Å². The molecule has 0 bridgehead atoms. The zero-order valence-corrected chi connectivity index (χ0v) is 17.1. The van der Waals surface area contributed by atoms with E-state index in [1.165, 1.54) is 34.9 Å². The molecule has 5 nitrogen and oxygen atoms in total. The van der Waals surface area contributed by atoms with Gasteiger partial charge in [-0.2, -0.15) is 0 Å². The fraction of sp³-hybridized carbons (Fsp3) is 0.455. The highest BCUT2D eigenvalue weighted by molar-refractivity contribution is 7.17. The summed E-state index contributed by atoms with van der Waals surface area (Å²) in [6.07, 6.45) is 4.57. The number of nitrogens with zero attached hydrogens (tertiary/aromatic N) is 4. The van der Waals surface area contributed by atoms with Gasteiger partial charge >= 0.3 is 0 Å². The number of hydrogen-bond acceptors (Lipinski definition) is 6. The van der Waals surface area contributed by atoms with Crippen molar-refractivity contribution < 1.29 is 4.74 Å². The number of piperazine rings is 1. The molecule has 5 rings (SSSR count). The van der Waals surface area contributed by atoms with Crippen molar-refractivity contribution in [3.63, 3.8) is 0 Å². The van der Waals surface area contributed by atoms with Gasteiger partial charge in [0.1, 0.15) is 17.0 Å². The number of fused-ring (bicyclic) bond motifs is 1. The predicted molar refractivity (Wildman–Crippen MR) is 115 cm³/mol. The Hall–Kier alpha value is -2.02. The average Bonchev–Trinajstić information content (AvgIpc) is 3.39. The van der Waals surface area contributed by atoms with Crippen LogP contribution >= 0.6 is 11.3 Å². The second-order valence-corrected chi connectivity index (χ2v) is 8.67. The van der Waals surface area contributed by atoms with E-state index in [4.69, 9.17) is 9.72 Å². The van der Waals surface area contributed by atoms with Gasteiger partial charge in [0.15, 0.2) is 0 Å². The molecule has 2 fully saturated rings. The van der Waals surface area contributed by atoms with Gasteiger partial charge in [-0.25, -0.2) is 9.97 Å². The first-order chi connectivity index (χ1) is 13.8. The third-order valence-corrected chi connectivity index (χ3v) is 6.76. The van der Waals surface area contributed by atoms with Crippen molar-refractivity contribution in [3.05, 3.63) is 41.5 Å². The molecule has 2 saturated heterocycles. The average molecular weight is 395 g/mol. The van der Waals surface area contributed by atoms with Crippen LogP contribution in [-0.4, -0.2) is 60.3 Å². The molecule has 1 atom stereocenters. The zero-order valence-electron chi connectivity index (χ0n) is 16.3. The highest BCUT2D eigenvalue weighted by atomic mass is 32.1. The van der Waals surface area contributed by atoms with Gasteiger partial charge in [0, 0.05) is 50.3 Å². The van der Waals surface area contributed by atoms with Gasteiger partial charge in [-0.05, 0) is 25.3 Å². The highest BCUT2D eigenvalue weighted by Gasteiger charge is 2.25. The van der Waals surface area contributed by atoms with Crippen molar-refractivity contribution in [1.29, 1.82) is 0 Å². The van der Waals surface area contributed by atoms with Crippen LogP contribution in [0.25, 0.3) is 21.3 Å². The largest absolute Gasteiger partial charge is 0.377 e. The zero-order chi connectivity index (χ0) is 18.9. The van der Waals surface area contributed by atoms with Crippen LogP contribution in [0.5, 0.6) is 0 Å². The van der Waals surface area contributed by atoms with E-state index in [9.17, 15) is 0 Å². The SMILES string of the molecule is Cc1ccc(-c2csc3ncnc(N4CCN(CC5CCCO5)CC4)c23)cc1. The van der Waals surface area contributed by atoms with Gasteiger partial charge in [-0.1, -0.05) is 29.8 Å². The molecular weight excluding hydrogens is 368 g/mol. The number of ether oxygens (including phenoxy) is 1. The van der Waals surface area contributed by atoms with Crippen molar-refractivity contribution in [2.45, 2.75) is 25.9 Å². The molecule has 0 N–H and O–H groups in total. The van der Waals surface area contributed by atoms with Crippen molar-refractivity contribution >= 4 is 27.4 Å². The summed E-state index contributed by atoms with van der Waals surface area (Å²) in [4.78, 5) is 15.3. The number of aryl methyl sites for hydroxylation is 1. The summed E-state index contributed by atoms with van der Waals surface area (Å²) in [6, 6.07) is 8.75. The summed E-state index contributed by atoms with van der Waals surface area (Å²) >= 11 is 1.71. The number of rotatable bonds is 4. The maximum atomic E-state index is 5.81. The van der Waals surface area contributed by atoms with Crippen LogP contribution in [0, 0.1) is 6.92 Å². The quantitative estimate of drug-likeness (QED) is 0.670. The van der Waals surface area contributed by atoms with E-state index >= 15 is 0 Å². The normalized spacial score (nSPS) is 20.9. The Labute approximate surface area is 170 Å². The maximum Gasteiger partial charge on any atom is 0.141 e. The third kappa shape index (κ3) is 3.52. The van der Waals surface area contributed by atoms with Crippen LogP contribution in [0.3, 0.4) is 0 Å². The molecule has 1 unspecified atom stereocenters.